The van der Waals surface area contributed by atoms with Crippen LogP contribution in [-0.4, -0.2) is 37.3 Å². The number of nitrogens with zero attached hydrogens (tertiary/aromatic N) is 1. The van der Waals surface area contributed by atoms with Crippen molar-refractivity contribution in [2.24, 2.45) is 11.0 Å². The Balaban J connectivity index is 2.11. The Morgan fingerprint density at radius 1 is 1.16 bits per heavy atom. The Morgan fingerprint density at radius 2 is 1.84 bits per heavy atom. The molecule has 172 valence electrons. The molecular weight excluding hydrogens is 545 g/mol. The summed E-state index contributed by atoms with van der Waals surface area (Å²) in [5, 5.41) is 7.09. The highest BCUT2D eigenvalue weighted by atomic mass is 127. The highest BCUT2D eigenvalue weighted by molar-refractivity contribution is 14.1. The normalized spacial score (nSPS) is 12.2. The Kier molecular flexibility index (Phi) is 9.77. The third-order valence-electron chi connectivity index (χ3n) is 4.35. The lowest BCUT2D eigenvalue weighted by Gasteiger charge is -2.20. The van der Waals surface area contributed by atoms with Crippen molar-refractivity contribution < 1.29 is 19.1 Å². The average molecular weight is 572 g/mol. The minimum Gasteiger partial charge on any atom is -0.493 e. The van der Waals surface area contributed by atoms with Gasteiger partial charge in [-0.1, -0.05) is 37.6 Å². The maximum atomic E-state index is 12.7. The SMILES string of the molecule is COc1cc(C=NNC(=O)C(NC(=O)c2ccccc2Cl)C(C)C)cc(I)c1OC(C)C. The number of halogens is 2. The van der Waals surface area contributed by atoms with Gasteiger partial charge in [0, 0.05) is 0 Å². The molecule has 0 heterocycles. The fourth-order valence-electron chi connectivity index (χ4n) is 2.80. The van der Waals surface area contributed by atoms with Crippen LogP contribution in [0.1, 0.15) is 43.6 Å². The van der Waals surface area contributed by atoms with E-state index in [4.69, 9.17) is 21.1 Å². The molecule has 2 aromatic rings. The molecule has 0 spiro atoms. The van der Waals surface area contributed by atoms with Crippen molar-refractivity contribution in [3.8, 4) is 11.5 Å². The molecule has 0 radical (unpaired) electrons. The summed E-state index contributed by atoms with van der Waals surface area (Å²) in [6, 6.07) is 9.53. The largest absolute Gasteiger partial charge is 0.493 e. The average Bonchev–Trinajstić information content (AvgIpc) is 2.73. The number of rotatable bonds is 9. The molecule has 0 fully saturated rings. The molecule has 0 aliphatic carbocycles. The molecule has 1 atom stereocenters. The molecule has 2 rings (SSSR count). The van der Waals surface area contributed by atoms with Gasteiger partial charge in [0.1, 0.15) is 6.04 Å². The van der Waals surface area contributed by atoms with E-state index in [9.17, 15) is 9.59 Å². The number of methoxy groups -OCH3 is 1. The van der Waals surface area contributed by atoms with E-state index >= 15 is 0 Å². The Bertz CT molecular complexity index is 995. The second-order valence-electron chi connectivity index (χ2n) is 7.61. The van der Waals surface area contributed by atoms with Crippen LogP contribution in [0.4, 0.5) is 0 Å². The van der Waals surface area contributed by atoms with Crippen LogP contribution in [0.2, 0.25) is 5.02 Å². The lowest BCUT2D eigenvalue weighted by Crippen LogP contribution is -2.48. The zero-order valence-corrected chi connectivity index (χ0v) is 21.5. The highest BCUT2D eigenvalue weighted by Gasteiger charge is 2.25. The fourth-order valence-corrected chi connectivity index (χ4v) is 3.78. The van der Waals surface area contributed by atoms with Gasteiger partial charge in [0.05, 0.1) is 33.6 Å². The summed E-state index contributed by atoms with van der Waals surface area (Å²) in [7, 11) is 1.57. The van der Waals surface area contributed by atoms with Crippen LogP contribution in [0.5, 0.6) is 11.5 Å². The quantitative estimate of drug-likeness (QED) is 0.261. The predicted molar refractivity (Wildman–Crippen MR) is 135 cm³/mol. The number of amides is 2. The van der Waals surface area contributed by atoms with E-state index in [1.165, 1.54) is 6.21 Å². The van der Waals surface area contributed by atoms with E-state index < -0.39 is 17.9 Å². The van der Waals surface area contributed by atoms with E-state index in [1.54, 1.807) is 37.4 Å². The van der Waals surface area contributed by atoms with Crippen LogP contribution < -0.4 is 20.2 Å². The van der Waals surface area contributed by atoms with Gasteiger partial charge in [-0.25, -0.2) is 5.43 Å². The van der Waals surface area contributed by atoms with Crippen molar-refractivity contribution in [1.29, 1.82) is 0 Å². The van der Waals surface area contributed by atoms with Gasteiger partial charge >= 0.3 is 0 Å². The van der Waals surface area contributed by atoms with Crippen molar-refractivity contribution in [1.82, 2.24) is 10.7 Å². The second kappa shape index (κ2) is 12.1. The van der Waals surface area contributed by atoms with Crippen LogP contribution in [-0.2, 0) is 4.79 Å². The van der Waals surface area contributed by atoms with Crippen LogP contribution in [0.25, 0.3) is 0 Å². The number of hydrogen-bond donors (Lipinski definition) is 2. The van der Waals surface area contributed by atoms with Crippen molar-refractivity contribution in [3.63, 3.8) is 0 Å². The van der Waals surface area contributed by atoms with Gasteiger partial charge in [0.15, 0.2) is 11.5 Å². The standard InChI is InChI=1S/C23H27ClIN3O4/c1-13(2)20(27-22(29)16-8-6-7-9-17(16)24)23(30)28-26-12-15-10-18(25)21(32-14(3)4)19(11-15)31-5/h6-14,20H,1-5H3,(H,27,29)(H,28,30). The summed E-state index contributed by atoms with van der Waals surface area (Å²) in [5.41, 5.74) is 3.53. The van der Waals surface area contributed by atoms with Gasteiger partial charge in [-0.2, -0.15) is 5.10 Å². The highest BCUT2D eigenvalue weighted by Crippen LogP contribution is 2.34. The molecule has 7 nitrogen and oxygen atoms in total. The van der Waals surface area contributed by atoms with Gasteiger partial charge in [-0.15, -0.1) is 0 Å². The first-order chi connectivity index (χ1) is 15.1. The van der Waals surface area contributed by atoms with Crippen molar-refractivity contribution in [2.45, 2.75) is 39.8 Å². The summed E-state index contributed by atoms with van der Waals surface area (Å²) in [5.74, 6) is 0.216. The topological polar surface area (TPSA) is 89.0 Å². The number of hydrogen-bond acceptors (Lipinski definition) is 5. The van der Waals surface area contributed by atoms with Crippen LogP contribution in [0, 0.1) is 9.49 Å². The molecule has 0 aliphatic rings. The lowest BCUT2D eigenvalue weighted by atomic mass is 10.0. The number of carbonyl (C=O) groups is 2. The first-order valence-corrected chi connectivity index (χ1v) is 11.5. The Morgan fingerprint density at radius 3 is 2.44 bits per heavy atom. The summed E-state index contributed by atoms with van der Waals surface area (Å²) in [6.07, 6.45) is 1.51. The fraction of sp³-hybridized carbons (Fsp3) is 0.348. The van der Waals surface area contributed by atoms with Gasteiger partial charge < -0.3 is 14.8 Å². The molecule has 0 bridgehead atoms. The zero-order valence-electron chi connectivity index (χ0n) is 18.6. The molecule has 9 heteroatoms. The molecule has 2 aromatic carbocycles. The zero-order chi connectivity index (χ0) is 23.8. The summed E-state index contributed by atoms with van der Waals surface area (Å²) in [6.45, 7) is 7.55. The van der Waals surface area contributed by atoms with E-state index in [2.05, 4.69) is 38.4 Å². The summed E-state index contributed by atoms with van der Waals surface area (Å²) >= 11 is 8.25. The van der Waals surface area contributed by atoms with E-state index in [0.717, 1.165) is 9.13 Å². The number of ether oxygens (including phenoxy) is 2. The predicted octanol–water partition coefficient (Wildman–Crippen LogP) is 4.65. The second-order valence-corrected chi connectivity index (χ2v) is 9.18. The molecule has 1 unspecified atom stereocenters. The van der Waals surface area contributed by atoms with Gasteiger partial charge in [0.25, 0.3) is 11.8 Å². The number of carbonyl (C=O) groups excluding carboxylic acids is 2. The van der Waals surface area contributed by atoms with Crippen molar-refractivity contribution >= 4 is 52.2 Å². The summed E-state index contributed by atoms with van der Waals surface area (Å²) in [4.78, 5) is 25.2. The van der Waals surface area contributed by atoms with Crippen molar-refractivity contribution in [3.05, 3.63) is 56.1 Å². The minimum atomic E-state index is -0.785. The van der Waals surface area contributed by atoms with Crippen molar-refractivity contribution in [2.75, 3.05) is 7.11 Å². The maximum absolute atomic E-state index is 12.7. The smallest absolute Gasteiger partial charge is 0.262 e. The van der Waals surface area contributed by atoms with E-state index in [0.29, 0.717) is 22.1 Å². The maximum Gasteiger partial charge on any atom is 0.262 e. The first kappa shape index (κ1) is 25.9. The molecule has 2 N–H and O–H groups in total. The Hall–Kier alpha value is -2.33. The third kappa shape index (κ3) is 7.09. The van der Waals surface area contributed by atoms with Crippen LogP contribution in [0.15, 0.2) is 41.5 Å². The van der Waals surface area contributed by atoms with Crippen LogP contribution in [0.3, 0.4) is 0 Å². The summed E-state index contributed by atoms with van der Waals surface area (Å²) < 4.78 is 12.1. The molecule has 0 saturated heterocycles. The molecule has 0 aliphatic heterocycles. The van der Waals surface area contributed by atoms with Gasteiger partial charge in [-0.05, 0) is 72.2 Å². The molecule has 0 saturated carbocycles. The molecule has 32 heavy (non-hydrogen) atoms. The molecule has 0 aromatic heterocycles. The van der Waals surface area contributed by atoms with E-state index in [1.807, 2.05) is 33.8 Å². The van der Waals surface area contributed by atoms with Gasteiger partial charge in [-0.3, -0.25) is 9.59 Å². The monoisotopic (exact) mass is 571 g/mol. The number of benzene rings is 2. The number of nitrogens with one attached hydrogen (secondary N) is 2. The van der Waals surface area contributed by atoms with E-state index in [-0.39, 0.29) is 12.0 Å². The molecular formula is C23H27ClIN3O4. The lowest BCUT2D eigenvalue weighted by molar-refractivity contribution is -0.123. The third-order valence-corrected chi connectivity index (χ3v) is 5.48. The van der Waals surface area contributed by atoms with Crippen LogP contribution >= 0.6 is 34.2 Å². The molecule has 2 amide bonds. The minimum absolute atomic E-state index is 0.00478. The van der Waals surface area contributed by atoms with Gasteiger partial charge in [0.2, 0.25) is 0 Å². The number of hydrazone groups is 1. The first-order valence-electron chi connectivity index (χ1n) is 10.1. The Labute approximate surface area is 207 Å².